The van der Waals surface area contributed by atoms with Gasteiger partial charge in [0.15, 0.2) is 0 Å². The van der Waals surface area contributed by atoms with Crippen molar-refractivity contribution in [2.45, 2.75) is 179 Å². The maximum Gasteiger partial charge on any atom is 0.0271 e. The van der Waals surface area contributed by atoms with Gasteiger partial charge >= 0.3 is 0 Å². The molecule has 8 saturated carbocycles. The zero-order valence-corrected chi connectivity index (χ0v) is 25.2. The molecule has 0 aromatic rings. The van der Waals surface area contributed by atoms with E-state index < -0.39 is 0 Å². The van der Waals surface area contributed by atoms with Crippen LogP contribution in [-0.2, 0) is 0 Å². The summed E-state index contributed by atoms with van der Waals surface area (Å²) in [5.41, 5.74) is 5.76. The van der Waals surface area contributed by atoms with Crippen LogP contribution in [0.5, 0.6) is 0 Å². The van der Waals surface area contributed by atoms with Crippen LogP contribution < -0.4 is 0 Å². The van der Waals surface area contributed by atoms with E-state index in [0.29, 0.717) is 11.0 Å². The molecule has 1 heterocycles. The van der Waals surface area contributed by atoms with Crippen LogP contribution in [0, 0.1) is 37.9 Å². The number of hydrogen-bond acceptors (Lipinski definition) is 1. The minimum atomic E-state index is 0.636. The molecule has 212 valence electrons. The number of rotatable bonds is 9. The first-order valence-electron chi connectivity index (χ1n) is 18.3. The Balaban J connectivity index is 1.20. The van der Waals surface area contributed by atoms with E-state index in [4.69, 9.17) is 0 Å². The lowest BCUT2D eigenvalue weighted by molar-refractivity contribution is -0.383. The van der Waals surface area contributed by atoms with Crippen LogP contribution in [0.3, 0.4) is 0 Å². The summed E-state index contributed by atoms with van der Waals surface area (Å²) in [5, 5.41) is 0. The van der Waals surface area contributed by atoms with E-state index in [2.05, 4.69) is 11.8 Å². The smallest absolute Gasteiger partial charge is 0.0271 e. The summed E-state index contributed by atoms with van der Waals surface area (Å²) in [4.78, 5) is 3.11. The molecule has 0 aromatic heterocycles. The maximum absolute atomic E-state index is 3.11. The van der Waals surface area contributed by atoms with Gasteiger partial charge in [-0.05, 0) is 173 Å². The Morgan fingerprint density at radius 3 is 0.921 bits per heavy atom. The first kappa shape index (κ1) is 24.5. The molecule has 8 aliphatic carbocycles. The van der Waals surface area contributed by atoms with Crippen molar-refractivity contribution in [2.75, 3.05) is 13.1 Å². The summed E-state index contributed by atoms with van der Waals surface area (Å²) in [6.45, 7) is 5.52. The van der Waals surface area contributed by atoms with Crippen molar-refractivity contribution >= 4 is 0 Å². The largest absolute Gasteiger partial charge is 0.297 e. The second-order valence-electron chi connectivity index (χ2n) is 17.3. The SMILES string of the molecule is CCC1(C2(C3(C4(C5(C6(C7(C8(N9CCC9)CCC8)CCC7)CCC6)CCC5)CCC4)CCC3)CCC2)CCC1. The second-order valence-corrected chi connectivity index (χ2v) is 17.3. The van der Waals surface area contributed by atoms with Gasteiger partial charge in [-0.1, -0.05) is 51.9 Å². The lowest BCUT2D eigenvalue weighted by atomic mass is 9.17. The van der Waals surface area contributed by atoms with E-state index in [0.717, 1.165) is 32.5 Å². The highest BCUT2D eigenvalue weighted by Gasteiger charge is 2.84. The molecule has 1 aliphatic heterocycles. The molecule has 1 saturated heterocycles. The van der Waals surface area contributed by atoms with Gasteiger partial charge in [0.1, 0.15) is 0 Å². The van der Waals surface area contributed by atoms with Crippen molar-refractivity contribution in [3.63, 3.8) is 0 Å². The molecule has 0 radical (unpaired) electrons. The quantitative estimate of drug-likeness (QED) is 0.294. The number of nitrogens with zero attached hydrogens (tertiary/aromatic N) is 1. The molecule has 1 nitrogen and oxygen atoms in total. The first-order valence-corrected chi connectivity index (χ1v) is 18.3. The lowest BCUT2D eigenvalue weighted by Gasteiger charge is -2.87. The van der Waals surface area contributed by atoms with Crippen molar-refractivity contribution in [3.8, 4) is 0 Å². The molecule has 0 spiro atoms. The van der Waals surface area contributed by atoms with Gasteiger partial charge < -0.3 is 0 Å². The zero-order chi connectivity index (χ0) is 25.4. The first-order chi connectivity index (χ1) is 18.6. The maximum atomic E-state index is 3.11. The fraction of sp³-hybridized carbons (Fsp3) is 1.00. The molecule has 9 aliphatic rings. The van der Waals surface area contributed by atoms with E-state index in [1.165, 1.54) is 25.9 Å². The van der Waals surface area contributed by atoms with Crippen LogP contribution in [0.25, 0.3) is 0 Å². The van der Waals surface area contributed by atoms with Crippen LogP contribution >= 0.6 is 0 Å². The van der Waals surface area contributed by atoms with Crippen LogP contribution in [0.4, 0.5) is 0 Å². The summed E-state index contributed by atoms with van der Waals surface area (Å²) >= 11 is 0. The molecule has 0 amide bonds. The molecule has 38 heavy (non-hydrogen) atoms. The zero-order valence-electron chi connectivity index (χ0n) is 25.2. The summed E-state index contributed by atoms with van der Waals surface area (Å²) in [6.07, 6.45) is 41.6. The van der Waals surface area contributed by atoms with Crippen molar-refractivity contribution in [1.29, 1.82) is 0 Å². The second kappa shape index (κ2) is 7.67. The van der Waals surface area contributed by atoms with E-state index >= 15 is 0 Å². The fourth-order valence-electron chi connectivity index (χ4n) is 15.9. The van der Waals surface area contributed by atoms with Gasteiger partial charge in [-0.2, -0.15) is 0 Å². The summed E-state index contributed by atoms with van der Waals surface area (Å²) < 4.78 is 0. The van der Waals surface area contributed by atoms with E-state index in [1.807, 2.05) is 0 Å². The number of likely N-dealkylation sites (tertiary alicyclic amines) is 1. The van der Waals surface area contributed by atoms with Gasteiger partial charge in [0.2, 0.25) is 0 Å². The van der Waals surface area contributed by atoms with Gasteiger partial charge in [0.05, 0.1) is 0 Å². The lowest BCUT2D eigenvalue weighted by Crippen LogP contribution is -2.82. The predicted octanol–water partition coefficient (Wildman–Crippen LogP) is 10.2. The molecule has 0 aromatic carbocycles. The third-order valence-corrected chi connectivity index (χ3v) is 18.4. The van der Waals surface area contributed by atoms with Crippen molar-refractivity contribution in [1.82, 2.24) is 4.90 Å². The third-order valence-electron chi connectivity index (χ3n) is 18.4. The predicted molar refractivity (Wildman–Crippen MR) is 157 cm³/mol. The van der Waals surface area contributed by atoms with E-state index in [-0.39, 0.29) is 0 Å². The van der Waals surface area contributed by atoms with Crippen LogP contribution in [-0.4, -0.2) is 23.5 Å². The molecule has 9 rings (SSSR count). The normalized spacial score (nSPS) is 39.1. The third kappa shape index (κ3) is 2.18. The van der Waals surface area contributed by atoms with Crippen molar-refractivity contribution in [2.24, 2.45) is 37.9 Å². The Morgan fingerprint density at radius 1 is 0.368 bits per heavy atom. The molecule has 9 fully saturated rings. The Hall–Kier alpha value is -0.0400. The molecule has 0 bridgehead atoms. The molecule has 0 N–H and O–H groups in total. The van der Waals surface area contributed by atoms with Gasteiger partial charge in [-0.3, -0.25) is 4.90 Å². The Bertz CT molecular complexity index is 945. The highest BCUT2D eigenvalue weighted by atomic mass is 15.3. The van der Waals surface area contributed by atoms with Crippen molar-refractivity contribution in [3.05, 3.63) is 0 Å². The van der Waals surface area contributed by atoms with Crippen LogP contribution in [0.1, 0.15) is 174 Å². The highest BCUT2D eigenvalue weighted by Crippen LogP contribution is 2.92. The Morgan fingerprint density at radius 2 is 0.711 bits per heavy atom. The molecular formula is C37H59N. The van der Waals surface area contributed by atoms with Crippen LogP contribution in [0.2, 0.25) is 0 Å². The summed E-state index contributed by atoms with van der Waals surface area (Å²) in [6, 6.07) is 0. The average Bonchev–Trinajstić information content (AvgIpc) is 2.64. The number of hydrogen-bond donors (Lipinski definition) is 0. The Labute approximate surface area is 235 Å². The van der Waals surface area contributed by atoms with E-state index in [1.54, 1.807) is 154 Å². The molecule has 1 heteroatoms. The van der Waals surface area contributed by atoms with Gasteiger partial charge in [-0.15, -0.1) is 0 Å². The average molecular weight is 518 g/mol. The van der Waals surface area contributed by atoms with Gasteiger partial charge in [0, 0.05) is 5.54 Å². The summed E-state index contributed by atoms with van der Waals surface area (Å²) in [7, 11) is 0. The highest BCUT2D eigenvalue weighted by molar-refractivity contribution is 5.34. The van der Waals surface area contributed by atoms with E-state index in [9.17, 15) is 0 Å². The molecule has 0 atom stereocenters. The van der Waals surface area contributed by atoms with Gasteiger partial charge in [-0.25, -0.2) is 0 Å². The van der Waals surface area contributed by atoms with Crippen molar-refractivity contribution < 1.29 is 0 Å². The molecule has 0 unspecified atom stereocenters. The topological polar surface area (TPSA) is 3.24 Å². The summed E-state index contributed by atoms with van der Waals surface area (Å²) in [5.74, 6) is 0. The molecular weight excluding hydrogens is 458 g/mol. The minimum Gasteiger partial charge on any atom is -0.297 e. The van der Waals surface area contributed by atoms with Crippen LogP contribution in [0.15, 0.2) is 0 Å². The van der Waals surface area contributed by atoms with Gasteiger partial charge in [0.25, 0.3) is 0 Å². The monoisotopic (exact) mass is 517 g/mol. The standard InChI is InChI=1S/C37H59N/c1-2-30(12-3-13-30)31(14-4-15-31)32(16-5-17-32)33(18-6-19-33)34(20-7-21-34)35(22-8-23-35)36(24-9-25-36)37(26-10-27-37)38-28-11-29-38/h2-29H2,1H3. The Kier molecular flexibility index (Phi) is 4.95. The fourth-order valence-corrected chi connectivity index (χ4v) is 15.9. The minimum absolute atomic E-state index is 0.636.